The highest BCUT2D eigenvalue weighted by Crippen LogP contribution is 2.56. The van der Waals surface area contributed by atoms with Crippen molar-refractivity contribution in [3.63, 3.8) is 0 Å². The van der Waals surface area contributed by atoms with Crippen LogP contribution in [0.2, 0.25) is 0 Å². The summed E-state index contributed by atoms with van der Waals surface area (Å²) >= 11 is 0. The second-order valence-corrected chi connectivity index (χ2v) is 29.3. The van der Waals surface area contributed by atoms with Crippen molar-refractivity contribution in [1.82, 2.24) is 0 Å². The smallest absolute Gasteiger partial charge is 0.297 e. The molecule has 72 heavy (non-hydrogen) atoms. The fourth-order valence-corrected chi connectivity index (χ4v) is 15.1. The fourth-order valence-electron chi connectivity index (χ4n) is 15.1. The third-order valence-electron chi connectivity index (χ3n) is 20.4. The molecule has 1 fully saturated rings. The largest absolute Gasteiger partial charge is 0.468 e. The lowest BCUT2D eigenvalue weighted by Crippen LogP contribution is -2.61. The number of hydrogen-bond acceptors (Lipinski definition) is 3. The number of fused-ring (bicyclic) bond motifs is 9. The summed E-state index contributed by atoms with van der Waals surface area (Å²) in [5.74, 6) is 0.512. The van der Waals surface area contributed by atoms with Gasteiger partial charge in [-0.1, -0.05) is 147 Å². The maximum absolute atomic E-state index is 7.84. The van der Waals surface area contributed by atoms with Crippen LogP contribution in [0.1, 0.15) is 236 Å². The molecule has 4 aliphatic carbocycles. The summed E-state index contributed by atoms with van der Waals surface area (Å²) in [6, 6.07) is 28.5. The number of aryl methyl sites for hydroxylation is 2. The SMILES string of the molecule is Cc1cc(C(C)(C)C)ccc1N1c2cc3c(cc2B2c4oc5cc6c(cc5c4N(c4cc5c(cc4C)C(C)(C)CCC5(C)C)c4cc(C5CCCCC5)cc1c42)C(C)(C)CCC6(C)C)C(C)(C)CCC3(C)C. The third-order valence-corrected chi connectivity index (χ3v) is 20.4. The van der Waals surface area contributed by atoms with Crippen molar-refractivity contribution in [2.45, 2.75) is 232 Å². The van der Waals surface area contributed by atoms with E-state index in [4.69, 9.17) is 4.42 Å². The number of hydrogen-bond donors (Lipinski definition) is 0. The molecule has 0 amide bonds. The van der Waals surface area contributed by atoms with E-state index in [9.17, 15) is 0 Å². The Bertz CT molecular complexity index is 3260. The minimum absolute atomic E-state index is 0.0391. The molecule has 0 spiro atoms. The van der Waals surface area contributed by atoms with Crippen LogP contribution in [0, 0.1) is 13.8 Å². The lowest BCUT2D eigenvalue weighted by Gasteiger charge is -2.47. The van der Waals surface area contributed by atoms with Crippen LogP contribution in [-0.4, -0.2) is 6.71 Å². The second-order valence-electron chi connectivity index (χ2n) is 29.3. The van der Waals surface area contributed by atoms with E-state index in [0.717, 1.165) is 11.2 Å². The van der Waals surface area contributed by atoms with E-state index in [-0.39, 0.29) is 44.6 Å². The molecule has 2 aliphatic heterocycles. The van der Waals surface area contributed by atoms with E-state index in [0.29, 0.717) is 5.92 Å². The highest BCUT2D eigenvalue weighted by molar-refractivity contribution is 7.00. The van der Waals surface area contributed by atoms with Crippen molar-refractivity contribution in [2.75, 3.05) is 9.80 Å². The molecule has 376 valence electrons. The van der Waals surface area contributed by atoms with Gasteiger partial charge in [0, 0.05) is 33.8 Å². The van der Waals surface area contributed by atoms with Crippen LogP contribution in [0.25, 0.3) is 11.0 Å². The van der Waals surface area contributed by atoms with Gasteiger partial charge in [-0.2, -0.15) is 0 Å². The van der Waals surface area contributed by atoms with Gasteiger partial charge in [-0.05, 0) is 218 Å². The van der Waals surface area contributed by atoms with E-state index >= 15 is 0 Å². The average molecular weight is 957 g/mol. The van der Waals surface area contributed by atoms with Crippen molar-refractivity contribution >= 4 is 68.4 Å². The van der Waals surface area contributed by atoms with E-state index in [1.54, 1.807) is 0 Å². The molecule has 3 nitrogen and oxygen atoms in total. The van der Waals surface area contributed by atoms with E-state index in [1.807, 2.05) is 0 Å². The molecule has 0 unspecified atom stereocenters. The number of anilines is 6. The molecule has 12 rings (SSSR count). The summed E-state index contributed by atoms with van der Waals surface area (Å²) in [6.07, 6.45) is 13.5. The van der Waals surface area contributed by atoms with Gasteiger partial charge >= 0.3 is 0 Å². The van der Waals surface area contributed by atoms with Crippen LogP contribution in [-0.2, 0) is 37.9 Å². The molecule has 0 bridgehead atoms. The van der Waals surface area contributed by atoms with Crippen LogP contribution < -0.4 is 26.4 Å². The summed E-state index contributed by atoms with van der Waals surface area (Å²) in [5, 5.41) is 1.26. The molecule has 6 aromatic rings. The Hall–Kier alpha value is -4.70. The molecule has 4 heteroatoms. The summed E-state index contributed by atoms with van der Waals surface area (Å²) in [5.41, 5.74) is 27.7. The third kappa shape index (κ3) is 7.08. The van der Waals surface area contributed by atoms with Crippen LogP contribution in [0.4, 0.5) is 34.1 Å². The minimum atomic E-state index is -0.0908. The Labute approximate surface area is 435 Å². The van der Waals surface area contributed by atoms with Crippen molar-refractivity contribution in [3.8, 4) is 0 Å². The average Bonchev–Trinajstić information content (AvgIpc) is 3.69. The van der Waals surface area contributed by atoms with E-state index < -0.39 is 0 Å². The van der Waals surface area contributed by atoms with Gasteiger partial charge in [-0.25, -0.2) is 0 Å². The Balaban J connectivity index is 1.25. The summed E-state index contributed by atoms with van der Waals surface area (Å²) in [4.78, 5) is 5.52. The van der Waals surface area contributed by atoms with Crippen LogP contribution in [0.5, 0.6) is 0 Å². The van der Waals surface area contributed by atoms with Gasteiger partial charge in [-0.3, -0.25) is 0 Å². The molecule has 0 atom stereocenters. The first-order valence-electron chi connectivity index (χ1n) is 28.4. The molecule has 1 aromatic heterocycles. The normalized spacial score (nSPS) is 21.9. The summed E-state index contributed by atoms with van der Waals surface area (Å²) in [7, 11) is 0. The second kappa shape index (κ2) is 15.4. The number of benzene rings is 5. The van der Waals surface area contributed by atoms with Crippen LogP contribution in [0.3, 0.4) is 0 Å². The highest BCUT2D eigenvalue weighted by Gasteiger charge is 2.51. The standard InChI is InChI=1S/C68H85BN2O/c1-40-31-44(62(3,4)5)23-24-53(40)70-55-38-50-48(65(10,11)27-29-67(50,14)15)36-52(55)69-59-56(70)33-43(42-21-19-18-20-22-42)34-57(59)71(54-37-49-46(32-41(54)2)63(6,7)25-28-66(49,12)13)60-45-35-47-51(39-58(45)72-61(60)69)68(16,17)30-26-64(47,8)9/h23-24,31-39,42H,18-22,25-30H2,1-17H3. The van der Waals surface area contributed by atoms with E-state index in [1.165, 1.54) is 177 Å². The summed E-state index contributed by atoms with van der Waals surface area (Å²) < 4.78 is 7.84. The van der Waals surface area contributed by atoms with Crippen LogP contribution >= 0.6 is 0 Å². The van der Waals surface area contributed by atoms with E-state index in [2.05, 4.69) is 194 Å². The predicted octanol–water partition coefficient (Wildman–Crippen LogP) is 17.5. The zero-order chi connectivity index (χ0) is 51.2. The van der Waals surface area contributed by atoms with Crippen LogP contribution in [0.15, 0.2) is 71.1 Å². The molecule has 0 saturated heterocycles. The maximum Gasteiger partial charge on any atom is 0.297 e. The Morgan fingerprint density at radius 1 is 0.486 bits per heavy atom. The molecule has 0 radical (unpaired) electrons. The molecule has 6 aliphatic rings. The zero-order valence-electron chi connectivity index (χ0n) is 47.6. The zero-order valence-corrected chi connectivity index (χ0v) is 47.6. The molecule has 0 N–H and O–H groups in total. The minimum Gasteiger partial charge on any atom is -0.468 e. The Kier molecular flexibility index (Phi) is 10.4. The van der Waals surface area contributed by atoms with Crippen molar-refractivity contribution in [2.24, 2.45) is 0 Å². The first kappa shape index (κ1) is 48.3. The first-order chi connectivity index (χ1) is 33.6. The lowest BCUT2D eigenvalue weighted by atomic mass is 9.35. The van der Waals surface area contributed by atoms with Gasteiger partial charge in [-0.15, -0.1) is 0 Å². The van der Waals surface area contributed by atoms with Gasteiger partial charge in [0.2, 0.25) is 0 Å². The molecular formula is C68H85BN2O. The molecule has 5 aromatic carbocycles. The molecule has 1 saturated carbocycles. The lowest BCUT2D eigenvalue weighted by molar-refractivity contribution is 0.332. The fraction of sp³-hybridized carbons (Fsp3) is 0.529. The van der Waals surface area contributed by atoms with Gasteiger partial charge in [0.15, 0.2) is 0 Å². The van der Waals surface area contributed by atoms with Crippen molar-refractivity contribution < 1.29 is 4.42 Å². The Morgan fingerprint density at radius 2 is 0.958 bits per heavy atom. The monoisotopic (exact) mass is 957 g/mol. The number of rotatable bonds is 3. The van der Waals surface area contributed by atoms with Gasteiger partial charge in [0.25, 0.3) is 6.71 Å². The predicted molar refractivity (Wildman–Crippen MR) is 310 cm³/mol. The van der Waals surface area contributed by atoms with Gasteiger partial charge in [0.05, 0.1) is 11.3 Å². The Morgan fingerprint density at radius 3 is 1.50 bits per heavy atom. The van der Waals surface area contributed by atoms with Crippen molar-refractivity contribution in [1.29, 1.82) is 0 Å². The van der Waals surface area contributed by atoms with Gasteiger partial charge < -0.3 is 14.2 Å². The molecular weight excluding hydrogens is 872 g/mol. The van der Waals surface area contributed by atoms with Gasteiger partial charge in [0.1, 0.15) is 5.58 Å². The maximum atomic E-state index is 7.84. The topological polar surface area (TPSA) is 19.6 Å². The summed E-state index contributed by atoms with van der Waals surface area (Å²) in [6.45, 7) is 41.6. The number of furan rings is 1. The number of nitrogens with zero attached hydrogens (tertiary/aromatic N) is 2. The highest BCUT2D eigenvalue weighted by atomic mass is 16.3. The quantitative estimate of drug-likeness (QED) is 0.165. The first-order valence-corrected chi connectivity index (χ1v) is 28.4. The molecule has 3 heterocycles. The van der Waals surface area contributed by atoms with Crippen molar-refractivity contribution in [3.05, 3.63) is 122 Å².